The highest BCUT2D eigenvalue weighted by molar-refractivity contribution is 4.79. The van der Waals surface area contributed by atoms with Crippen LogP contribution in [0.3, 0.4) is 0 Å². The Hall–Kier alpha value is -0.0800. The van der Waals surface area contributed by atoms with Gasteiger partial charge in [-0.3, -0.25) is 0 Å². The van der Waals surface area contributed by atoms with Crippen LogP contribution in [-0.2, 0) is 0 Å². The molecule has 0 aromatic carbocycles. The van der Waals surface area contributed by atoms with Crippen molar-refractivity contribution in [1.29, 1.82) is 0 Å². The molecule has 0 spiro atoms. The number of hydrogen-bond acceptors (Lipinski definition) is 2. The Balaban J connectivity index is 1.72. The molecule has 2 nitrogen and oxygen atoms in total. The Bertz CT molecular complexity index is 275. The number of rotatable bonds is 18. The minimum atomic E-state index is -0.109. The van der Waals surface area contributed by atoms with E-state index in [0.29, 0.717) is 6.04 Å². The number of piperidine rings is 1. The van der Waals surface area contributed by atoms with Crippen LogP contribution in [0, 0.1) is 0 Å². The Morgan fingerprint density at radius 3 is 1.58 bits per heavy atom. The normalized spacial score (nSPS) is 18.9. The van der Waals surface area contributed by atoms with Gasteiger partial charge in [0.25, 0.3) is 0 Å². The number of nitrogens with one attached hydrogen (secondary N) is 1. The topological polar surface area (TPSA) is 32.3 Å². The smallest absolute Gasteiger partial charge is 0.0693 e. The van der Waals surface area contributed by atoms with Gasteiger partial charge in [0.2, 0.25) is 0 Å². The molecule has 0 aliphatic carbocycles. The fraction of sp³-hybridized carbons (Fsp3) is 1.00. The van der Waals surface area contributed by atoms with Crippen molar-refractivity contribution in [3.05, 3.63) is 0 Å². The zero-order chi connectivity index (χ0) is 18.7. The van der Waals surface area contributed by atoms with Crippen molar-refractivity contribution >= 4 is 0 Å². The van der Waals surface area contributed by atoms with Crippen LogP contribution in [0.5, 0.6) is 0 Å². The Kier molecular flexibility index (Phi) is 16.9. The predicted octanol–water partition coefficient (Wildman–Crippen LogP) is 7.14. The molecule has 1 heterocycles. The van der Waals surface area contributed by atoms with Gasteiger partial charge in [-0.1, -0.05) is 116 Å². The van der Waals surface area contributed by atoms with Crippen molar-refractivity contribution in [3.8, 4) is 0 Å². The summed E-state index contributed by atoms with van der Waals surface area (Å²) < 4.78 is 0. The minimum absolute atomic E-state index is 0.109. The van der Waals surface area contributed by atoms with Crippen LogP contribution in [0.15, 0.2) is 0 Å². The van der Waals surface area contributed by atoms with Gasteiger partial charge in [-0.25, -0.2) is 0 Å². The van der Waals surface area contributed by atoms with Crippen molar-refractivity contribution in [1.82, 2.24) is 5.32 Å². The van der Waals surface area contributed by atoms with E-state index in [-0.39, 0.29) is 6.10 Å². The zero-order valence-electron chi connectivity index (χ0n) is 18.0. The largest absolute Gasteiger partial charge is 0.392 e. The highest BCUT2D eigenvalue weighted by atomic mass is 16.3. The second-order valence-corrected chi connectivity index (χ2v) is 8.72. The summed E-state index contributed by atoms with van der Waals surface area (Å²) in [4.78, 5) is 0. The van der Waals surface area contributed by atoms with Crippen molar-refractivity contribution in [2.24, 2.45) is 0 Å². The van der Waals surface area contributed by atoms with Crippen molar-refractivity contribution in [2.45, 2.75) is 147 Å². The molecule has 2 unspecified atom stereocenters. The van der Waals surface area contributed by atoms with Crippen LogP contribution in [-0.4, -0.2) is 23.8 Å². The maximum atomic E-state index is 10.2. The van der Waals surface area contributed by atoms with Gasteiger partial charge in [0, 0.05) is 6.04 Å². The molecule has 0 aromatic rings. The highest BCUT2D eigenvalue weighted by Gasteiger charge is 2.20. The third kappa shape index (κ3) is 14.0. The van der Waals surface area contributed by atoms with E-state index in [9.17, 15) is 5.11 Å². The molecular formula is C24H49NO. The van der Waals surface area contributed by atoms with E-state index < -0.39 is 0 Å². The first-order valence-electron chi connectivity index (χ1n) is 12.3. The number of hydrogen-bond donors (Lipinski definition) is 2. The van der Waals surface area contributed by atoms with Crippen LogP contribution < -0.4 is 5.32 Å². The standard InChI is InChI=1S/C24H49NO/c1-2-3-4-5-6-7-8-9-10-11-12-13-14-15-16-17-21-24(26)23-20-18-19-22-25-23/h23-26H,2-22H2,1H3. The van der Waals surface area contributed by atoms with Crippen LogP contribution in [0.25, 0.3) is 0 Å². The Morgan fingerprint density at radius 2 is 1.15 bits per heavy atom. The van der Waals surface area contributed by atoms with Crippen molar-refractivity contribution < 1.29 is 5.11 Å². The molecule has 0 amide bonds. The number of aliphatic hydroxyl groups is 1. The molecule has 1 fully saturated rings. The quantitative estimate of drug-likeness (QED) is 0.252. The first-order valence-corrected chi connectivity index (χ1v) is 12.3. The van der Waals surface area contributed by atoms with E-state index in [4.69, 9.17) is 0 Å². The molecule has 0 bridgehead atoms. The summed E-state index contributed by atoms with van der Waals surface area (Å²) in [6.07, 6.45) is 27.2. The summed E-state index contributed by atoms with van der Waals surface area (Å²) in [7, 11) is 0. The molecule has 1 rings (SSSR count). The van der Waals surface area contributed by atoms with Gasteiger partial charge in [0.05, 0.1) is 6.10 Å². The lowest BCUT2D eigenvalue weighted by Crippen LogP contribution is -2.43. The summed E-state index contributed by atoms with van der Waals surface area (Å²) in [6.45, 7) is 3.39. The van der Waals surface area contributed by atoms with E-state index in [1.165, 1.54) is 122 Å². The lowest BCUT2D eigenvalue weighted by molar-refractivity contribution is 0.102. The molecule has 0 aromatic heterocycles. The van der Waals surface area contributed by atoms with Crippen LogP contribution in [0.4, 0.5) is 0 Å². The fourth-order valence-corrected chi connectivity index (χ4v) is 4.31. The van der Waals surface area contributed by atoms with Gasteiger partial charge in [0.1, 0.15) is 0 Å². The monoisotopic (exact) mass is 367 g/mol. The van der Waals surface area contributed by atoms with E-state index >= 15 is 0 Å². The van der Waals surface area contributed by atoms with Gasteiger partial charge in [-0.05, 0) is 25.8 Å². The molecular weight excluding hydrogens is 318 g/mol. The van der Waals surface area contributed by atoms with Crippen LogP contribution in [0.1, 0.15) is 135 Å². The number of unbranched alkanes of at least 4 members (excludes halogenated alkanes) is 15. The highest BCUT2D eigenvalue weighted by Crippen LogP contribution is 2.17. The summed E-state index contributed by atoms with van der Waals surface area (Å²) in [5, 5.41) is 13.7. The van der Waals surface area contributed by atoms with Gasteiger partial charge in [0.15, 0.2) is 0 Å². The third-order valence-corrected chi connectivity index (χ3v) is 6.17. The van der Waals surface area contributed by atoms with Gasteiger partial charge in [-0.15, -0.1) is 0 Å². The van der Waals surface area contributed by atoms with Gasteiger partial charge < -0.3 is 10.4 Å². The molecule has 26 heavy (non-hydrogen) atoms. The maximum Gasteiger partial charge on any atom is 0.0693 e. The fourth-order valence-electron chi connectivity index (χ4n) is 4.31. The first-order chi connectivity index (χ1) is 12.8. The van der Waals surface area contributed by atoms with E-state index in [1.54, 1.807) is 0 Å². The second kappa shape index (κ2) is 18.3. The molecule has 2 heteroatoms. The summed E-state index contributed by atoms with van der Waals surface area (Å²) in [5.41, 5.74) is 0. The minimum Gasteiger partial charge on any atom is -0.392 e. The average molecular weight is 368 g/mol. The summed E-state index contributed by atoms with van der Waals surface area (Å²) in [5.74, 6) is 0. The Labute approximate surface area is 164 Å². The predicted molar refractivity (Wildman–Crippen MR) is 116 cm³/mol. The second-order valence-electron chi connectivity index (χ2n) is 8.72. The van der Waals surface area contributed by atoms with Gasteiger partial charge in [-0.2, -0.15) is 0 Å². The summed E-state index contributed by atoms with van der Waals surface area (Å²) in [6, 6.07) is 0.375. The van der Waals surface area contributed by atoms with E-state index in [2.05, 4.69) is 12.2 Å². The van der Waals surface area contributed by atoms with E-state index in [1.807, 2.05) is 0 Å². The molecule has 2 atom stereocenters. The average Bonchev–Trinajstić information content (AvgIpc) is 2.68. The number of aliphatic hydroxyl groups excluding tert-OH is 1. The molecule has 1 aliphatic rings. The SMILES string of the molecule is CCCCCCCCCCCCCCCCCCC(O)C1CCCCN1. The van der Waals surface area contributed by atoms with Crippen molar-refractivity contribution in [3.63, 3.8) is 0 Å². The Morgan fingerprint density at radius 1 is 0.692 bits per heavy atom. The zero-order valence-corrected chi connectivity index (χ0v) is 18.0. The molecule has 1 saturated heterocycles. The third-order valence-electron chi connectivity index (χ3n) is 6.17. The molecule has 0 saturated carbocycles. The molecule has 2 N–H and O–H groups in total. The van der Waals surface area contributed by atoms with Crippen molar-refractivity contribution in [2.75, 3.05) is 6.54 Å². The van der Waals surface area contributed by atoms with Gasteiger partial charge >= 0.3 is 0 Å². The first kappa shape index (κ1) is 24.0. The molecule has 0 radical (unpaired) electrons. The van der Waals surface area contributed by atoms with E-state index in [0.717, 1.165) is 13.0 Å². The summed E-state index contributed by atoms with van der Waals surface area (Å²) >= 11 is 0. The lowest BCUT2D eigenvalue weighted by atomic mass is 9.96. The van der Waals surface area contributed by atoms with Crippen LogP contribution >= 0.6 is 0 Å². The van der Waals surface area contributed by atoms with Crippen LogP contribution in [0.2, 0.25) is 0 Å². The maximum absolute atomic E-state index is 10.2. The molecule has 156 valence electrons. The molecule has 1 aliphatic heterocycles. The lowest BCUT2D eigenvalue weighted by Gasteiger charge is -2.28.